The van der Waals surface area contributed by atoms with E-state index in [9.17, 15) is 10.1 Å². The van der Waals surface area contributed by atoms with E-state index >= 15 is 0 Å². The fourth-order valence-corrected chi connectivity index (χ4v) is 2.66. The number of ether oxygens (including phenoxy) is 1. The van der Waals surface area contributed by atoms with Crippen molar-refractivity contribution in [2.45, 2.75) is 97.2 Å². The molecule has 0 aromatic rings. The lowest BCUT2D eigenvalue weighted by atomic mass is 9.92. The molecule has 1 N–H and O–H groups in total. The summed E-state index contributed by atoms with van der Waals surface area (Å²) in [5.74, 6) is -0.0902. The normalized spacial score (nSPS) is 16.0. The number of carbonyl (C=O) groups is 1. The van der Waals surface area contributed by atoms with Gasteiger partial charge >= 0.3 is 5.97 Å². The summed E-state index contributed by atoms with van der Waals surface area (Å²) in [6, 6.07) is 0. The molecular weight excluding hydrogens is 296 g/mol. The van der Waals surface area contributed by atoms with Gasteiger partial charge in [0.15, 0.2) is 0 Å². The average molecular weight is 331 g/mol. The molecule has 5 nitrogen and oxygen atoms in total. The second kappa shape index (κ2) is 11.0. The van der Waals surface area contributed by atoms with Crippen molar-refractivity contribution in [3.63, 3.8) is 0 Å². The Morgan fingerprint density at radius 3 is 2.26 bits per heavy atom. The monoisotopic (exact) mass is 331 g/mol. The molecule has 0 spiro atoms. The highest BCUT2D eigenvalue weighted by molar-refractivity contribution is 5.79. The van der Waals surface area contributed by atoms with Gasteiger partial charge in [-0.15, -0.1) is 0 Å². The SMILES string of the molecule is CCCCC(CC)(O[O])C(=O)OC(C)(C)CCCC(C)CCO. The minimum Gasteiger partial charge on any atom is -0.457 e. The molecule has 0 rings (SSSR count). The van der Waals surface area contributed by atoms with Crippen LogP contribution in [0.2, 0.25) is 0 Å². The molecule has 2 unspecified atom stereocenters. The smallest absolute Gasteiger partial charge is 0.342 e. The van der Waals surface area contributed by atoms with Crippen LogP contribution in [0.15, 0.2) is 0 Å². The molecular formula is C18H35O5. The Hall–Kier alpha value is -0.650. The molecule has 0 saturated heterocycles. The molecule has 5 heteroatoms. The molecule has 0 fully saturated rings. The maximum atomic E-state index is 12.5. The van der Waals surface area contributed by atoms with Crippen molar-refractivity contribution in [3.8, 4) is 0 Å². The highest BCUT2D eigenvalue weighted by Gasteiger charge is 2.43. The summed E-state index contributed by atoms with van der Waals surface area (Å²) in [5.41, 5.74) is -1.99. The van der Waals surface area contributed by atoms with Gasteiger partial charge in [0.25, 0.3) is 0 Å². The van der Waals surface area contributed by atoms with Crippen molar-refractivity contribution in [3.05, 3.63) is 0 Å². The molecule has 0 aromatic heterocycles. The predicted octanol–water partition coefficient (Wildman–Crippen LogP) is 4.20. The van der Waals surface area contributed by atoms with Gasteiger partial charge in [0, 0.05) is 6.61 Å². The average Bonchev–Trinajstić information content (AvgIpc) is 2.48. The van der Waals surface area contributed by atoms with E-state index in [0.29, 0.717) is 18.8 Å². The third-order valence-electron chi connectivity index (χ3n) is 4.50. The Kier molecular flexibility index (Phi) is 10.7. The van der Waals surface area contributed by atoms with Gasteiger partial charge in [-0.1, -0.05) is 40.0 Å². The molecule has 0 aliphatic heterocycles. The first-order valence-electron chi connectivity index (χ1n) is 8.92. The van der Waals surface area contributed by atoms with E-state index in [1.165, 1.54) is 0 Å². The number of aliphatic hydroxyl groups is 1. The van der Waals surface area contributed by atoms with Crippen molar-refractivity contribution in [2.24, 2.45) is 5.92 Å². The summed E-state index contributed by atoms with van der Waals surface area (Å²) < 4.78 is 5.61. The maximum absolute atomic E-state index is 12.5. The first kappa shape index (κ1) is 22.4. The van der Waals surface area contributed by atoms with Crippen LogP contribution in [0.1, 0.15) is 86.0 Å². The first-order valence-corrected chi connectivity index (χ1v) is 8.92. The minimum absolute atomic E-state index is 0.205. The van der Waals surface area contributed by atoms with E-state index in [4.69, 9.17) is 9.84 Å². The fourth-order valence-electron chi connectivity index (χ4n) is 2.66. The Labute approximate surface area is 141 Å². The predicted molar refractivity (Wildman–Crippen MR) is 89.2 cm³/mol. The highest BCUT2D eigenvalue weighted by atomic mass is 17.1. The van der Waals surface area contributed by atoms with Gasteiger partial charge in [0.1, 0.15) is 5.60 Å². The van der Waals surface area contributed by atoms with Crippen LogP contribution < -0.4 is 0 Å². The number of hydrogen-bond acceptors (Lipinski definition) is 4. The quantitative estimate of drug-likeness (QED) is 0.312. The molecule has 2 atom stereocenters. The molecule has 23 heavy (non-hydrogen) atoms. The highest BCUT2D eigenvalue weighted by Crippen LogP contribution is 2.29. The largest absolute Gasteiger partial charge is 0.457 e. The van der Waals surface area contributed by atoms with E-state index in [-0.39, 0.29) is 6.61 Å². The zero-order chi connectivity index (χ0) is 17.9. The van der Waals surface area contributed by atoms with Crippen LogP contribution in [-0.2, 0) is 19.7 Å². The molecule has 0 aromatic carbocycles. The van der Waals surface area contributed by atoms with E-state index < -0.39 is 17.2 Å². The molecule has 0 amide bonds. The second-order valence-corrected chi connectivity index (χ2v) is 7.19. The fraction of sp³-hybridized carbons (Fsp3) is 0.944. The molecule has 0 bridgehead atoms. The van der Waals surface area contributed by atoms with Crippen LogP contribution in [0.25, 0.3) is 0 Å². The van der Waals surface area contributed by atoms with Gasteiger partial charge in [-0.3, -0.25) is 0 Å². The lowest BCUT2D eigenvalue weighted by molar-refractivity contribution is -0.370. The Balaban J connectivity index is 4.57. The minimum atomic E-state index is -1.36. The third-order valence-corrected chi connectivity index (χ3v) is 4.50. The van der Waals surface area contributed by atoms with E-state index in [1.54, 1.807) is 6.92 Å². The van der Waals surface area contributed by atoms with Gasteiger partial charge in [-0.2, -0.15) is 4.89 Å². The third kappa shape index (κ3) is 8.13. The van der Waals surface area contributed by atoms with Crippen LogP contribution in [0, 0.1) is 5.92 Å². The van der Waals surface area contributed by atoms with Gasteiger partial charge in [-0.05, 0) is 57.1 Å². The van der Waals surface area contributed by atoms with Crippen molar-refractivity contribution in [2.75, 3.05) is 6.61 Å². The van der Waals surface area contributed by atoms with Crippen molar-refractivity contribution in [1.29, 1.82) is 0 Å². The zero-order valence-electron chi connectivity index (χ0n) is 15.5. The first-order chi connectivity index (χ1) is 10.8. The van der Waals surface area contributed by atoms with Crippen LogP contribution in [0.5, 0.6) is 0 Å². The number of carbonyl (C=O) groups excluding carboxylic acids is 1. The molecule has 0 heterocycles. The van der Waals surface area contributed by atoms with E-state index in [0.717, 1.165) is 38.5 Å². The summed E-state index contributed by atoms with van der Waals surface area (Å²) >= 11 is 0. The summed E-state index contributed by atoms with van der Waals surface area (Å²) in [6.45, 7) is 9.83. The number of unbranched alkanes of at least 4 members (excludes halogenated alkanes) is 1. The van der Waals surface area contributed by atoms with Crippen molar-refractivity contribution in [1.82, 2.24) is 0 Å². The summed E-state index contributed by atoms with van der Waals surface area (Å²) in [4.78, 5) is 16.8. The van der Waals surface area contributed by atoms with Crippen molar-refractivity contribution < 1.29 is 24.8 Å². The second-order valence-electron chi connectivity index (χ2n) is 7.19. The standard InChI is InChI=1S/C18H35O5/c1-6-8-13-18(7-2,23-21)16(20)22-17(4,5)12-9-10-15(3)11-14-19/h15,19H,6-14H2,1-5H3. The van der Waals surface area contributed by atoms with Gasteiger partial charge in [0.2, 0.25) is 5.60 Å². The van der Waals surface area contributed by atoms with Crippen LogP contribution in [0.4, 0.5) is 0 Å². The van der Waals surface area contributed by atoms with Gasteiger partial charge in [-0.25, -0.2) is 4.79 Å². The van der Waals surface area contributed by atoms with Crippen LogP contribution in [0.3, 0.4) is 0 Å². The number of esters is 1. The van der Waals surface area contributed by atoms with Gasteiger partial charge < -0.3 is 9.84 Å². The van der Waals surface area contributed by atoms with Gasteiger partial charge in [0.05, 0.1) is 0 Å². The topological polar surface area (TPSA) is 75.7 Å². The Bertz CT molecular complexity index is 323. The Morgan fingerprint density at radius 1 is 1.13 bits per heavy atom. The van der Waals surface area contributed by atoms with Crippen LogP contribution >= 0.6 is 0 Å². The summed E-state index contributed by atoms with van der Waals surface area (Å²) in [5, 5.41) is 20.1. The van der Waals surface area contributed by atoms with Crippen molar-refractivity contribution >= 4 is 5.97 Å². The summed E-state index contributed by atoms with van der Waals surface area (Å²) in [7, 11) is 0. The number of aliphatic hydroxyl groups excluding tert-OH is 1. The molecule has 0 aliphatic carbocycles. The molecule has 0 saturated carbocycles. The molecule has 137 valence electrons. The lowest BCUT2D eigenvalue weighted by Crippen LogP contribution is -2.45. The Morgan fingerprint density at radius 2 is 1.78 bits per heavy atom. The summed E-state index contributed by atoms with van der Waals surface area (Å²) in [6.07, 6.45) is 5.77. The molecule has 1 radical (unpaired) electrons. The number of hydrogen-bond donors (Lipinski definition) is 1. The van der Waals surface area contributed by atoms with E-state index in [1.807, 2.05) is 20.8 Å². The number of rotatable bonds is 13. The maximum Gasteiger partial charge on any atom is 0.342 e. The van der Waals surface area contributed by atoms with Crippen LogP contribution in [-0.4, -0.2) is 28.9 Å². The zero-order valence-corrected chi connectivity index (χ0v) is 15.5. The van der Waals surface area contributed by atoms with E-state index in [2.05, 4.69) is 11.8 Å². The molecule has 0 aliphatic rings. The lowest BCUT2D eigenvalue weighted by Gasteiger charge is -2.32.